The number of rotatable bonds is 8. The smallest absolute Gasteiger partial charge is 0.292 e. The Morgan fingerprint density at radius 2 is 2.26 bits per heavy atom. The van der Waals surface area contributed by atoms with Gasteiger partial charge in [0.25, 0.3) is 5.69 Å². The number of aryl methyl sites for hydroxylation is 1. The van der Waals surface area contributed by atoms with E-state index in [-0.39, 0.29) is 16.7 Å². The first-order valence-corrected chi connectivity index (χ1v) is 6.29. The first-order chi connectivity index (χ1) is 9.08. The Labute approximate surface area is 113 Å². The molecule has 0 aliphatic carbocycles. The third-order valence-corrected chi connectivity index (χ3v) is 2.83. The van der Waals surface area contributed by atoms with E-state index in [4.69, 9.17) is 10.5 Å². The molecule has 0 amide bonds. The molecular weight excluding hydrogens is 246 g/mol. The van der Waals surface area contributed by atoms with Gasteiger partial charge in [-0.15, -0.1) is 0 Å². The molecule has 0 radical (unpaired) electrons. The molecule has 0 aliphatic heterocycles. The van der Waals surface area contributed by atoms with Crippen molar-refractivity contribution in [3.8, 4) is 0 Å². The number of nitrogens with two attached hydrogens (primary N) is 1. The molecule has 0 heterocycles. The Bertz CT molecular complexity index is 424. The Kier molecular flexibility index (Phi) is 6.24. The molecule has 0 saturated carbocycles. The van der Waals surface area contributed by atoms with E-state index in [0.717, 1.165) is 18.4 Å². The lowest BCUT2D eigenvalue weighted by molar-refractivity contribution is -0.384. The quantitative estimate of drug-likeness (QED) is 0.556. The molecule has 0 aromatic heterocycles. The maximum Gasteiger partial charge on any atom is 0.292 e. The largest absolute Gasteiger partial charge is 0.383 e. The van der Waals surface area contributed by atoms with E-state index < -0.39 is 0 Å². The molecule has 19 heavy (non-hydrogen) atoms. The fraction of sp³-hybridized carbons (Fsp3) is 0.538. The van der Waals surface area contributed by atoms with Crippen molar-refractivity contribution >= 4 is 11.4 Å². The molecule has 1 aromatic rings. The summed E-state index contributed by atoms with van der Waals surface area (Å²) >= 11 is 0. The molecule has 0 bridgehead atoms. The van der Waals surface area contributed by atoms with Crippen molar-refractivity contribution in [2.75, 3.05) is 25.6 Å². The average Bonchev–Trinajstić information content (AvgIpc) is 2.38. The summed E-state index contributed by atoms with van der Waals surface area (Å²) in [6, 6.07) is 5.17. The van der Waals surface area contributed by atoms with Crippen LogP contribution in [0.4, 0.5) is 11.4 Å². The first-order valence-electron chi connectivity index (χ1n) is 6.29. The third kappa shape index (κ3) is 4.84. The molecule has 106 valence electrons. The van der Waals surface area contributed by atoms with E-state index in [1.165, 1.54) is 0 Å². The Hall–Kier alpha value is -1.66. The fourth-order valence-electron chi connectivity index (χ4n) is 1.90. The van der Waals surface area contributed by atoms with Crippen molar-refractivity contribution in [1.82, 2.24) is 0 Å². The van der Waals surface area contributed by atoms with Gasteiger partial charge in [0.2, 0.25) is 0 Å². The van der Waals surface area contributed by atoms with E-state index in [9.17, 15) is 10.1 Å². The summed E-state index contributed by atoms with van der Waals surface area (Å²) in [6.07, 6.45) is 1.66. The van der Waals surface area contributed by atoms with Gasteiger partial charge >= 0.3 is 0 Å². The first kappa shape index (κ1) is 15.4. The van der Waals surface area contributed by atoms with Gasteiger partial charge in [-0.2, -0.15) is 0 Å². The van der Waals surface area contributed by atoms with E-state index in [2.05, 4.69) is 5.32 Å². The second-order valence-electron chi connectivity index (χ2n) is 4.51. The molecule has 3 N–H and O–H groups in total. The lowest BCUT2D eigenvalue weighted by Gasteiger charge is -2.19. The van der Waals surface area contributed by atoms with Crippen molar-refractivity contribution in [1.29, 1.82) is 0 Å². The molecule has 1 atom stereocenters. The molecule has 0 spiro atoms. The third-order valence-electron chi connectivity index (χ3n) is 2.83. The highest BCUT2D eigenvalue weighted by Crippen LogP contribution is 2.26. The summed E-state index contributed by atoms with van der Waals surface area (Å²) in [4.78, 5) is 10.7. The summed E-state index contributed by atoms with van der Waals surface area (Å²) in [7, 11) is 1.61. The lowest BCUT2D eigenvalue weighted by Crippen LogP contribution is -2.26. The Balaban J connectivity index is 2.85. The molecule has 0 saturated heterocycles. The zero-order valence-corrected chi connectivity index (χ0v) is 11.4. The second-order valence-corrected chi connectivity index (χ2v) is 4.51. The number of nitrogens with zero attached hydrogens (tertiary/aromatic N) is 1. The Morgan fingerprint density at radius 3 is 2.84 bits per heavy atom. The number of ether oxygens (including phenoxy) is 1. The van der Waals surface area contributed by atoms with Gasteiger partial charge in [-0.1, -0.05) is 6.07 Å². The predicted octanol–water partition coefficient (Wildman–Crippen LogP) is 2.07. The Morgan fingerprint density at radius 1 is 1.53 bits per heavy atom. The van der Waals surface area contributed by atoms with Crippen LogP contribution in [0.2, 0.25) is 0 Å². The molecule has 0 fully saturated rings. The number of methoxy groups -OCH3 is 1. The van der Waals surface area contributed by atoms with Crippen LogP contribution < -0.4 is 11.1 Å². The van der Waals surface area contributed by atoms with Gasteiger partial charge in [0, 0.05) is 19.2 Å². The van der Waals surface area contributed by atoms with Crippen molar-refractivity contribution in [2.24, 2.45) is 5.73 Å². The second kappa shape index (κ2) is 7.70. The summed E-state index contributed by atoms with van der Waals surface area (Å²) in [5, 5.41) is 14.2. The molecule has 6 nitrogen and oxygen atoms in total. The SMILES string of the molecule is COCC(CCCN)Nc1ccc(C)cc1[N+](=O)[O-]. The number of nitro groups is 1. The topological polar surface area (TPSA) is 90.4 Å². The molecule has 1 rings (SSSR count). The highest BCUT2D eigenvalue weighted by Gasteiger charge is 2.17. The number of anilines is 1. The summed E-state index contributed by atoms with van der Waals surface area (Å²) < 4.78 is 5.12. The zero-order chi connectivity index (χ0) is 14.3. The molecule has 6 heteroatoms. The van der Waals surface area contributed by atoms with Gasteiger partial charge in [-0.05, 0) is 37.9 Å². The van der Waals surface area contributed by atoms with Gasteiger partial charge in [0.05, 0.1) is 11.5 Å². The van der Waals surface area contributed by atoms with Crippen LogP contribution in [0.25, 0.3) is 0 Å². The van der Waals surface area contributed by atoms with Gasteiger partial charge in [-0.3, -0.25) is 10.1 Å². The minimum absolute atomic E-state index is 0.0231. The standard InChI is InChI=1S/C13H21N3O3/c1-10-5-6-12(13(8-10)16(17)18)15-11(9-19-2)4-3-7-14/h5-6,8,11,15H,3-4,7,9,14H2,1-2H3. The normalized spacial score (nSPS) is 12.2. The van der Waals surface area contributed by atoms with Crippen molar-refractivity contribution in [2.45, 2.75) is 25.8 Å². The van der Waals surface area contributed by atoms with Crippen LogP contribution in [0.1, 0.15) is 18.4 Å². The summed E-state index contributed by atoms with van der Waals surface area (Å²) in [5.74, 6) is 0. The molecule has 1 aromatic carbocycles. The lowest BCUT2D eigenvalue weighted by atomic mass is 10.1. The summed E-state index contributed by atoms with van der Waals surface area (Å²) in [5.41, 5.74) is 6.97. The molecule has 1 unspecified atom stereocenters. The molecular formula is C13H21N3O3. The van der Waals surface area contributed by atoms with Crippen LogP contribution >= 0.6 is 0 Å². The highest BCUT2D eigenvalue weighted by molar-refractivity contribution is 5.63. The van der Waals surface area contributed by atoms with E-state index >= 15 is 0 Å². The fourth-order valence-corrected chi connectivity index (χ4v) is 1.90. The predicted molar refractivity (Wildman–Crippen MR) is 75.4 cm³/mol. The van der Waals surface area contributed by atoms with Crippen molar-refractivity contribution < 1.29 is 9.66 Å². The minimum Gasteiger partial charge on any atom is -0.383 e. The monoisotopic (exact) mass is 267 g/mol. The van der Waals surface area contributed by atoms with E-state index in [0.29, 0.717) is 18.8 Å². The number of hydrogen-bond acceptors (Lipinski definition) is 5. The maximum absolute atomic E-state index is 11.0. The van der Waals surface area contributed by atoms with Crippen LogP contribution in [0, 0.1) is 17.0 Å². The number of benzene rings is 1. The number of nitro benzene ring substituents is 1. The van der Waals surface area contributed by atoms with E-state index in [1.54, 1.807) is 19.2 Å². The summed E-state index contributed by atoms with van der Waals surface area (Å²) in [6.45, 7) is 2.92. The maximum atomic E-state index is 11.0. The van der Waals surface area contributed by atoms with Crippen LogP contribution in [-0.4, -0.2) is 31.2 Å². The number of nitrogens with one attached hydrogen (secondary N) is 1. The minimum atomic E-state index is -0.373. The van der Waals surface area contributed by atoms with Crippen LogP contribution in [0.3, 0.4) is 0 Å². The van der Waals surface area contributed by atoms with Crippen LogP contribution in [-0.2, 0) is 4.74 Å². The average molecular weight is 267 g/mol. The van der Waals surface area contributed by atoms with E-state index in [1.807, 2.05) is 13.0 Å². The van der Waals surface area contributed by atoms with Crippen LogP contribution in [0.5, 0.6) is 0 Å². The van der Waals surface area contributed by atoms with Gasteiger partial charge in [0.15, 0.2) is 0 Å². The number of hydrogen-bond donors (Lipinski definition) is 2. The van der Waals surface area contributed by atoms with Gasteiger partial charge < -0.3 is 15.8 Å². The van der Waals surface area contributed by atoms with Gasteiger partial charge in [-0.25, -0.2) is 0 Å². The highest BCUT2D eigenvalue weighted by atomic mass is 16.6. The van der Waals surface area contributed by atoms with Gasteiger partial charge in [0.1, 0.15) is 5.69 Å². The van der Waals surface area contributed by atoms with Crippen LogP contribution in [0.15, 0.2) is 18.2 Å². The van der Waals surface area contributed by atoms with Crippen molar-refractivity contribution in [3.63, 3.8) is 0 Å². The molecule has 0 aliphatic rings. The zero-order valence-electron chi connectivity index (χ0n) is 11.4. The van der Waals surface area contributed by atoms with Crippen molar-refractivity contribution in [3.05, 3.63) is 33.9 Å².